The maximum absolute atomic E-state index is 13.2. The van der Waals surface area contributed by atoms with Gasteiger partial charge in [-0.2, -0.15) is 18.3 Å². The van der Waals surface area contributed by atoms with E-state index in [9.17, 15) is 22.8 Å². The summed E-state index contributed by atoms with van der Waals surface area (Å²) in [6.45, 7) is 8.15. The number of rotatable bonds is 4. The molecule has 30 heavy (non-hydrogen) atoms. The van der Waals surface area contributed by atoms with Gasteiger partial charge < -0.3 is 15.0 Å². The first-order chi connectivity index (χ1) is 13.7. The Bertz CT molecular complexity index is 946. The van der Waals surface area contributed by atoms with E-state index in [2.05, 4.69) is 10.4 Å². The number of halogens is 3. The van der Waals surface area contributed by atoms with E-state index in [-0.39, 0.29) is 11.4 Å². The molecule has 0 radical (unpaired) electrons. The number of carbonyl (C=O) groups excluding carboxylic acids is 2. The quantitative estimate of drug-likeness (QED) is 0.790. The van der Waals surface area contributed by atoms with Gasteiger partial charge in [-0.1, -0.05) is 0 Å². The monoisotopic (exact) mass is 426 g/mol. The van der Waals surface area contributed by atoms with Crippen molar-refractivity contribution < 1.29 is 27.5 Å². The van der Waals surface area contributed by atoms with Crippen LogP contribution < -0.4 is 5.32 Å². The summed E-state index contributed by atoms with van der Waals surface area (Å²) in [6.07, 6.45) is -5.30. The number of aromatic nitrogens is 2. The van der Waals surface area contributed by atoms with Crippen LogP contribution in [0.2, 0.25) is 0 Å². The van der Waals surface area contributed by atoms with Gasteiger partial charge in [0.1, 0.15) is 12.1 Å². The van der Waals surface area contributed by atoms with Crippen molar-refractivity contribution in [1.29, 1.82) is 0 Å². The van der Waals surface area contributed by atoms with E-state index in [1.54, 1.807) is 40.7 Å². The van der Waals surface area contributed by atoms with Crippen molar-refractivity contribution in [3.05, 3.63) is 41.2 Å². The standard InChI is InChI=1S/C20H25F3N4O3/c1-12-9-13(2)27(25-12)16-8-7-14(20(21,22)23)10-15(16)24-17(28)11-26(6)18(29)30-19(3,4)5/h7-10H,11H2,1-6H3,(H,24,28). The lowest BCUT2D eigenvalue weighted by atomic mass is 10.1. The molecule has 1 N–H and O–H groups in total. The van der Waals surface area contributed by atoms with E-state index in [0.29, 0.717) is 11.4 Å². The van der Waals surface area contributed by atoms with E-state index < -0.39 is 35.9 Å². The average Bonchev–Trinajstić information content (AvgIpc) is 2.90. The minimum absolute atomic E-state index is 0.0707. The van der Waals surface area contributed by atoms with Crippen LogP contribution >= 0.6 is 0 Å². The molecule has 2 aromatic rings. The molecule has 2 rings (SSSR count). The number of amides is 2. The Balaban J connectivity index is 2.31. The molecule has 1 heterocycles. The molecule has 1 aromatic carbocycles. The topological polar surface area (TPSA) is 76.5 Å². The van der Waals surface area contributed by atoms with Gasteiger partial charge in [0.25, 0.3) is 0 Å². The molecule has 164 valence electrons. The van der Waals surface area contributed by atoms with E-state index in [0.717, 1.165) is 17.0 Å². The summed E-state index contributed by atoms with van der Waals surface area (Å²) in [5.41, 5.74) is -0.0853. The molecule has 0 spiro atoms. The first kappa shape index (κ1) is 23.2. The number of carbonyl (C=O) groups is 2. The fourth-order valence-corrected chi connectivity index (χ4v) is 2.68. The normalized spacial score (nSPS) is 11.9. The number of nitrogens with zero attached hydrogens (tertiary/aromatic N) is 3. The molecular formula is C20H25F3N4O3. The number of aryl methyl sites for hydroxylation is 2. The van der Waals surface area contributed by atoms with Crippen molar-refractivity contribution in [3.63, 3.8) is 0 Å². The minimum Gasteiger partial charge on any atom is -0.444 e. The maximum Gasteiger partial charge on any atom is 0.416 e. The summed E-state index contributed by atoms with van der Waals surface area (Å²) < 4.78 is 46.2. The van der Waals surface area contributed by atoms with Crippen LogP contribution in [0.4, 0.5) is 23.7 Å². The van der Waals surface area contributed by atoms with Gasteiger partial charge in [-0.05, 0) is 58.9 Å². The molecule has 1 aromatic heterocycles. The highest BCUT2D eigenvalue weighted by molar-refractivity contribution is 5.95. The second-order valence-corrected chi connectivity index (χ2v) is 7.95. The van der Waals surface area contributed by atoms with Gasteiger partial charge in [-0.25, -0.2) is 9.48 Å². The summed E-state index contributed by atoms with van der Waals surface area (Å²) >= 11 is 0. The summed E-state index contributed by atoms with van der Waals surface area (Å²) in [6, 6.07) is 4.78. The van der Waals surface area contributed by atoms with Crippen LogP contribution in [0.25, 0.3) is 5.69 Å². The lowest BCUT2D eigenvalue weighted by molar-refractivity contribution is -0.137. The zero-order valence-corrected chi connectivity index (χ0v) is 17.7. The Kier molecular flexibility index (Phi) is 6.48. The van der Waals surface area contributed by atoms with E-state index in [1.165, 1.54) is 17.8 Å². The van der Waals surface area contributed by atoms with Crippen molar-refractivity contribution in [2.24, 2.45) is 0 Å². The van der Waals surface area contributed by atoms with Crippen molar-refractivity contribution in [2.75, 3.05) is 18.9 Å². The molecule has 0 aliphatic rings. The lowest BCUT2D eigenvalue weighted by Crippen LogP contribution is -2.38. The fraction of sp³-hybridized carbons (Fsp3) is 0.450. The van der Waals surface area contributed by atoms with Crippen LogP contribution in [0.15, 0.2) is 24.3 Å². The summed E-state index contributed by atoms with van der Waals surface area (Å²) in [7, 11) is 1.36. The van der Waals surface area contributed by atoms with Gasteiger partial charge in [0.2, 0.25) is 5.91 Å². The molecule has 2 amide bonds. The number of alkyl halides is 3. The van der Waals surface area contributed by atoms with E-state index in [1.807, 2.05) is 0 Å². The first-order valence-corrected chi connectivity index (χ1v) is 9.16. The third-order valence-corrected chi connectivity index (χ3v) is 3.92. The van der Waals surface area contributed by atoms with Crippen LogP contribution in [-0.4, -0.2) is 45.9 Å². The number of hydrogen-bond donors (Lipinski definition) is 1. The van der Waals surface area contributed by atoms with Crippen LogP contribution in [-0.2, 0) is 15.7 Å². The van der Waals surface area contributed by atoms with Gasteiger partial charge in [0, 0.05) is 12.7 Å². The number of anilines is 1. The maximum atomic E-state index is 13.2. The van der Waals surface area contributed by atoms with Crippen LogP contribution in [0.3, 0.4) is 0 Å². The Morgan fingerprint density at radius 1 is 1.17 bits per heavy atom. The summed E-state index contributed by atoms with van der Waals surface area (Å²) in [5, 5.41) is 6.73. The molecule has 7 nitrogen and oxygen atoms in total. The number of hydrogen-bond acceptors (Lipinski definition) is 4. The van der Waals surface area contributed by atoms with Crippen LogP contribution in [0.5, 0.6) is 0 Å². The highest BCUT2D eigenvalue weighted by atomic mass is 19.4. The van der Waals surface area contributed by atoms with Crippen LogP contribution in [0, 0.1) is 13.8 Å². The largest absolute Gasteiger partial charge is 0.444 e. The molecule has 0 bridgehead atoms. The number of nitrogens with one attached hydrogen (secondary N) is 1. The molecule has 0 saturated carbocycles. The van der Waals surface area contributed by atoms with E-state index >= 15 is 0 Å². The third kappa shape index (κ3) is 5.98. The Morgan fingerprint density at radius 3 is 2.30 bits per heavy atom. The zero-order chi connectivity index (χ0) is 22.9. The fourth-order valence-electron chi connectivity index (χ4n) is 2.68. The molecule has 10 heteroatoms. The highest BCUT2D eigenvalue weighted by Gasteiger charge is 2.31. The van der Waals surface area contributed by atoms with Crippen molar-refractivity contribution in [1.82, 2.24) is 14.7 Å². The Morgan fingerprint density at radius 2 is 1.80 bits per heavy atom. The smallest absolute Gasteiger partial charge is 0.416 e. The minimum atomic E-state index is -4.58. The van der Waals surface area contributed by atoms with Gasteiger partial charge >= 0.3 is 12.3 Å². The van der Waals surface area contributed by atoms with Crippen LogP contribution in [0.1, 0.15) is 37.7 Å². The Hall–Kier alpha value is -3.04. The SMILES string of the molecule is Cc1cc(C)n(-c2ccc(C(F)(F)F)cc2NC(=O)CN(C)C(=O)OC(C)(C)C)n1. The number of ether oxygens (including phenoxy) is 1. The second kappa shape index (κ2) is 8.37. The second-order valence-electron chi connectivity index (χ2n) is 7.95. The number of likely N-dealkylation sites (N-methyl/N-ethyl adjacent to an activating group) is 1. The Labute approximate surface area is 172 Å². The average molecular weight is 426 g/mol. The zero-order valence-electron chi connectivity index (χ0n) is 17.7. The van der Waals surface area contributed by atoms with Gasteiger partial charge in [-0.3, -0.25) is 4.79 Å². The van der Waals surface area contributed by atoms with E-state index in [4.69, 9.17) is 4.74 Å². The summed E-state index contributed by atoms with van der Waals surface area (Å²) in [5.74, 6) is -0.675. The van der Waals surface area contributed by atoms with Gasteiger partial charge in [0.05, 0.1) is 22.6 Å². The van der Waals surface area contributed by atoms with Crippen molar-refractivity contribution in [3.8, 4) is 5.69 Å². The van der Waals surface area contributed by atoms with Crippen molar-refractivity contribution in [2.45, 2.75) is 46.4 Å². The van der Waals surface area contributed by atoms with Gasteiger partial charge in [-0.15, -0.1) is 0 Å². The molecule has 0 aliphatic heterocycles. The molecule has 0 fully saturated rings. The molecular weight excluding hydrogens is 401 g/mol. The third-order valence-electron chi connectivity index (χ3n) is 3.92. The lowest BCUT2D eigenvalue weighted by Gasteiger charge is -2.24. The molecule has 0 atom stereocenters. The molecule has 0 aliphatic carbocycles. The molecule has 0 unspecified atom stereocenters. The first-order valence-electron chi connectivity index (χ1n) is 9.16. The predicted molar refractivity (Wildman–Crippen MR) is 106 cm³/mol. The predicted octanol–water partition coefficient (Wildman–Crippen LogP) is 4.31. The molecule has 0 saturated heterocycles. The summed E-state index contributed by atoms with van der Waals surface area (Å²) in [4.78, 5) is 25.5. The van der Waals surface area contributed by atoms with Gasteiger partial charge in [0.15, 0.2) is 0 Å². The number of benzene rings is 1. The highest BCUT2D eigenvalue weighted by Crippen LogP contribution is 2.33. The van der Waals surface area contributed by atoms with Crippen molar-refractivity contribution >= 4 is 17.7 Å².